The molecule has 0 heterocycles. The van der Waals surface area contributed by atoms with E-state index in [1.54, 1.807) is 0 Å². The number of rotatable bonds is 5. The Morgan fingerprint density at radius 1 is 1.55 bits per heavy atom. The third kappa shape index (κ3) is 5.98. The van der Waals surface area contributed by atoms with Crippen molar-refractivity contribution in [2.75, 3.05) is 7.11 Å². The SMILES string of the molecule is CCCCC(=O)CC(=S)OC. The minimum Gasteiger partial charge on any atom is -0.490 e. The number of carbonyl (C=O) groups excluding carboxylic acids is 1. The van der Waals surface area contributed by atoms with Crippen molar-refractivity contribution in [1.82, 2.24) is 0 Å². The summed E-state index contributed by atoms with van der Waals surface area (Å²) in [5, 5.41) is 0.395. The molecule has 0 aromatic heterocycles. The number of carbonyl (C=O) groups is 1. The Morgan fingerprint density at radius 3 is 2.64 bits per heavy atom. The van der Waals surface area contributed by atoms with Crippen LogP contribution in [0.15, 0.2) is 0 Å². The first-order valence-corrected chi connectivity index (χ1v) is 4.20. The number of methoxy groups -OCH3 is 1. The molecule has 0 amide bonds. The average Bonchev–Trinajstić information content (AvgIpc) is 2.00. The van der Waals surface area contributed by atoms with Crippen LogP contribution in [0.2, 0.25) is 0 Å². The molecule has 11 heavy (non-hydrogen) atoms. The maximum atomic E-state index is 11.0. The summed E-state index contributed by atoms with van der Waals surface area (Å²) in [7, 11) is 1.50. The topological polar surface area (TPSA) is 26.3 Å². The quantitative estimate of drug-likeness (QED) is 0.597. The molecular weight excluding hydrogens is 160 g/mol. The minimum absolute atomic E-state index is 0.179. The van der Waals surface area contributed by atoms with E-state index in [0.717, 1.165) is 12.8 Å². The first-order chi connectivity index (χ1) is 5.20. The van der Waals surface area contributed by atoms with Crippen molar-refractivity contribution in [2.24, 2.45) is 0 Å². The molecule has 0 aliphatic rings. The summed E-state index contributed by atoms with van der Waals surface area (Å²) < 4.78 is 4.71. The van der Waals surface area contributed by atoms with Crippen molar-refractivity contribution in [2.45, 2.75) is 32.6 Å². The van der Waals surface area contributed by atoms with E-state index in [-0.39, 0.29) is 5.78 Å². The molecule has 0 aliphatic heterocycles. The highest BCUT2D eigenvalue weighted by molar-refractivity contribution is 7.80. The molecule has 64 valence electrons. The maximum Gasteiger partial charge on any atom is 0.166 e. The fourth-order valence-electron chi connectivity index (χ4n) is 0.695. The monoisotopic (exact) mass is 174 g/mol. The molecule has 0 spiro atoms. The van der Waals surface area contributed by atoms with E-state index < -0.39 is 0 Å². The van der Waals surface area contributed by atoms with Gasteiger partial charge in [0.2, 0.25) is 0 Å². The van der Waals surface area contributed by atoms with E-state index in [9.17, 15) is 4.79 Å². The van der Waals surface area contributed by atoms with Crippen molar-refractivity contribution < 1.29 is 9.53 Å². The van der Waals surface area contributed by atoms with Crippen LogP contribution in [0.4, 0.5) is 0 Å². The molecule has 0 aromatic rings. The Balaban J connectivity index is 3.44. The molecule has 0 bridgehead atoms. The molecular formula is C8H14O2S. The van der Waals surface area contributed by atoms with Crippen molar-refractivity contribution in [3.05, 3.63) is 0 Å². The van der Waals surface area contributed by atoms with Gasteiger partial charge in [0, 0.05) is 6.42 Å². The lowest BCUT2D eigenvalue weighted by Crippen LogP contribution is -2.06. The van der Waals surface area contributed by atoms with Gasteiger partial charge in [-0.15, -0.1) is 0 Å². The van der Waals surface area contributed by atoms with Crippen LogP contribution in [0.25, 0.3) is 0 Å². The second kappa shape index (κ2) is 6.28. The van der Waals surface area contributed by atoms with E-state index in [0.29, 0.717) is 17.9 Å². The van der Waals surface area contributed by atoms with Gasteiger partial charge < -0.3 is 4.74 Å². The van der Waals surface area contributed by atoms with Crippen LogP contribution >= 0.6 is 12.2 Å². The van der Waals surface area contributed by atoms with Gasteiger partial charge in [-0.25, -0.2) is 0 Å². The van der Waals surface area contributed by atoms with E-state index in [1.165, 1.54) is 7.11 Å². The standard InChI is InChI=1S/C8H14O2S/c1-3-4-5-7(9)6-8(11)10-2/h3-6H2,1-2H3. The number of hydrogen-bond acceptors (Lipinski definition) is 3. The number of unbranched alkanes of at least 4 members (excludes halogenated alkanes) is 1. The van der Waals surface area contributed by atoms with Crippen LogP contribution in [0.3, 0.4) is 0 Å². The molecule has 0 unspecified atom stereocenters. The molecule has 0 fully saturated rings. The summed E-state index contributed by atoms with van der Waals surface area (Å²) in [5.41, 5.74) is 0. The number of thiocarbonyl (C=S) groups is 1. The fourth-order valence-corrected chi connectivity index (χ4v) is 0.856. The first-order valence-electron chi connectivity index (χ1n) is 3.79. The highest BCUT2D eigenvalue weighted by Crippen LogP contribution is 2.00. The van der Waals surface area contributed by atoms with Gasteiger partial charge in [-0.05, 0) is 18.6 Å². The summed E-state index contributed by atoms with van der Waals surface area (Å²) in [6.45, 7) is 2.06. The summed E-state index contributed by atoms with van der Waals surface area (Å²) in [6, 6.07) is 0. The molecule has 2 nitrogen and oxygen atoms in total. The fraction of sp³-hybridized carbons (Fsp3) is 0.750. The number of ether oxygens (including phenoxy) is 1. The van der Waals surface area contributed by atoms with Gasteiger partial charge in [0.1, 0.15) is 5.78 Å². The lowest BCUT2D eigenvalue weighted by molar-refractivity contribution is -0.118. The van der Waals surface area contributed by atoms with Crippen molar-refractivity contribution in [3.63, 3.8) is 0 Å². The van der Waals surface area contributed by atoms with E-state index in [2.05, 4.69) is 6.92 Å². The molecule has 3 heteroatoms. The largest absolute Gasteiger partial charge is 0.490 e. The average molecular weight is 174 g/mol. The van der Waals surface area contributed by atoms with Gasteiger partial charge in [0.15, 0.2) is 5.05 Å². The van der Waals surface area contributed by atoms with Crippen LogP contribution < -0.4 is 0 Å². The van der Waals surface area contributed by atoms with Crippen LogP contribution in [0, 0.1) is 0 Å². The summed E-state index contributed by atoms with van der Waals surface area (Å²) in [6.07, 6.45) is 2.92. The zero-order chi connectivity index (χ0) is 8.69. The minimum atomic E-state index is 0.179. The summed E-state index contributed by atoms with van der Waals surface area (Å²) in [5.74, 6) is 0.179. The molecule has 0 saturated carbocycles. The molecule has 0 aromatic carbocycles. The van der Waals surface area contributed by atoms with Gasteiger partial charge in [-0.2, -0.15) is 0 Å². The Morgan fingerprint density at radius 2 is 2.18 bits per heavy atom. The second-order valence-corrected chi connectivity index (χ2v) is 2.85. The normalized spacial score (nSPS) is 9.27. The summed E-state index contributed by atoms with van der Waals surface area (Å²) >= 11 is 4.74. The van der Waals surface area contributed by atoms with Crippen LogP contribution in [0.5, 0.6) is 0 Å². The molecule has 0 N–H and O–H groups in total. The lowest BCUT2D eigenvalue weighted by Gasteiger charge is -1.99. The van der Waals surface area contributed by atoms with Crippen LogP contribution in [0.1, 0.15) is 32.6 Å². The third-order valence-corrected chi connectivity index (χ3v) is 1.69. The van der Waals surface area contributed by atoms with Crippen LogP contribution in [-0.2, 0) is 9.53 Å². The predicted octanol–water partition coefficient (Wildman–Crippen LogP) is 2.11. The Bertz CT molecular complexity index is 143. The highest BCUT2D eigenvalue weighted by Gasteiger charge is 2.04. The van der Waals surface area contributed by atoms with Gasteiger partial charge in [-0.3, -0.25) is 4.79 Å². The Labute approximate surface area is 72.9 Å². The van der Waals surface area contributed by atoms with Crippen molar-refractivity contribution >= 4 is 23.1 Å². The maximum absolute atomic E-state index is 11.0. The van der Waals surface area contributed by atoms with Gasteiger partial charge >= 0.3 is 0 Å². The number of ketones is 1. The number of hydrogen-bond donors (Lipinski definition) is 0. The van der Waals surface area contributed by atoms with Crippen LogP contribution in [-0.4, -0.2) is 17.9 Å². The Kier molecular flexibility index (Phi) is 6.03. The van der Waals surface area contributed by atoms with E-state index in [4.69, 9.17) is 17.0 Å². The van der Waals surface area contributed by atoms with E-state index in [1.807, 2.05) is 0 Å². The van der Waals surface area contributed by atoms with Crippen molar-refractivity contribution in [3.8, 4) is 0 Å². The van der Waals surface area contributed by atoms with E-state index >= 15 is 0 Å². The zero-order valence-electron chi connectivity index (χ0n) is 7.05. The van der Waals surface area contributed by atoms with Gasteiger partial charge in [0.25, 0.3) is 0 Å². The smallest absolute Gasteiger partial charge is 0.166 e. The second-order valence-electron chi connectivity index (χ2n) is 2.40. The molecule has 0 radical (unpaired) electrons. The van der Waals surface area contributed by atoms with Gasteiger partial charge in [0.05, 0.1) is 13.5 Å². The molecule has 0 atom stereocenters. The lowest BCUT2D eigenvalue weighted by atomic mass is 10.1. The first kappa shape index (κ1) is 10.6. The third-order valence-electron chi connectivity index (χ3n) is 1.38. The number of Topliss-reactive ketones (excluding diaryl/α,β-unsaturated/α-hetero) is 1. The molecule has 0 rings (SSSR count). The molecule has 0 aliphatic carbocycles. The van der Waals surface area contributed by atoms with Gasteiger partial charge in [-0.1, -0.05) is 13.3 Å². The Hall–Kier alpha value is -0.440. The predicted molar refractivity (Wildman–Crippen MR) is 48.8 cm³/mol. The van der Waals surface area contributed by atoms with Crippen molar-refractivity contribution in [1.29, 1.82) is 0 Å². The zero-order valence-corrected chi connectivity index (χ0v) is 7.87. The highest BCUT2D eigenvalue weighted by atomic mass is 32.1. The molecule has 0 saturated heterocycles. The summed E-state index contributed by atoms with van der Waals surface area (Å²) in [4.78, 5) is 11.0.